The maximum absolute atomic E-state index is 13.1. The van der Waals surface area contributed by atoms with Gasteiger partial charge in [0.1, 0.15) is 12.3 Å². The van der Waals surface area contributed by atoms with E-state index >= 15 is 0 Å². The molecule has 2 aromatic rings. The van der Waals surface area contributed by atoms with Gasteiger partial charge >= 0.3 is 6.09 Å². The summed E-state index contributed by atoms with van der Waals surface area (Å²) in [5, 5.41) is 7.73. The Hall–Kier alpha value is -2.64. The third-order valence-corrected chi connectivity index (χ3v) is 5.00. The Balaban J connectivity index is 1.40. The average Bonchev–Trinajstić information content (AvgIpc) is 3.22. The van der Waals surface area contributed by atoms with Gasteiger partial charge in [0.05, 0.1) is 37.6 Å². The number of hydrogen-bond donors (Lipinski definition) is 0. The first-order valence-electron chi connectivity index (χ1n) is 8.05. The highest BCUT2D eigenvalue weighted by atomic mass is 19.1. The lowest BCUT2D eigenvalue weighted by atomic mass is 10.0. The Morgan fingerprint density at radius 3 is 2.96 bits per heavy atom. The predicted octanol–water partition coefficient (Wildman–Crippen LogP) is 1.39. The summed E-state index contributed by atoms with van der Waals surface area (Å²) in [7, 11) is 0. The molecule has 5 rings (SSSR count). The first-order chi connectivity index (χ1) is 11.7. The molecule has 124 valence electrons. The third kappa shape index (κ3) is 1.98. The fourth-order valence-corrected chi connectivity index (χ4v) is 3.77. The zero-order valence-electron chi connectivity index (χ0n) is 12.9. The van der Waals surface area contributed by atoms with Gasteiger partial charge in [0.25, 0.3) is 0 Å². The average molecular weight is 329 g/mol. The number of cyclic esters (lactones) is 1. The van der Waals surface area contributed by atoms with Gasteiger partial charge < -0.3 is 9.64 Å². The van der Waals surface area contributed by atoms with E-state index in [1.165, 1.54) is 0 Å². The van der Waals surface area contributed by atoms with E-state index in [1.54, 1.807) is 22.0 Å². The van der Waals surface area contributed by atoms with Crippen LogP contribution < -0.4 is 9.80 Å². The first kappa shape index (κ1) is 13.8. The zero-order valence-corrected chi connectivity index (χ0v) is 12.9. The molecule has 2 saturated heterocycles. The van der Waals surface area contributed by atoms with Crippen LogP contribution in [-0.4, -0.2) is 52.5 Å². The van der Waals surface area contributed by atoms with E-state index in [2.05, 4.69) is 16.4 Å². The minimum atomic E-state index is -0.733. The Labute approximate surface area is 137 Å². The van der Waals surface area contributed by atoms with Crippen LogP contribution >= 0.6 is 0 Å². The quantitative estimate of drug-likeness (QED) is 0.851. The van der Waals surface area contributed by atoms with Crippen LogP contribution in [0.25, 0.3) is 0 Å². The number of ether oxygens (including phenoxy) is 1. The number of benzene rings is 1. The van der Waals surface area contributed by atoms with Gasteiger partial charge in [-0.05, 0) is 30.2 Å². The number of carbonyl (C=O) groups excluding carboxylic acids is 1. The van der Waals surface area contributed by atoms with Crippen LogP contribution in [0.2, 0.25) is 0 Å². The van der Waals surface area contributed by atoms with Crippen LogP contribution in [0.1, 0.15) is 5.56 Å². The van der Waals surface area contributed by atoms with Crippen LogP contribution in [0.4, 0.5) is 20.6 Å². The van der Waals surface area contributed by atoms with E-state index in [0.717, 1.165) is 23.4 Å². The lowest BCUT2D eigenvalue weighted by molar-refractivity contribution is 0.117. The Morgan fingerprint density at radius 2 is 2.21 bits per heavy atom. The number of nitrogens with zero attached hydrogens (tertiary/aromatic N) is 5. The highest BCUT2D eigenvalue weighted by molar-refractivity contribution is 5.94. The molecule has 24 heavy (non-hydrogen) atoms. The van der Waals surface area contributed by atoms with Crippen LogP contribution in [0, 0.1) is 0 Å². The summed E-state index contributed by atoms with van der Waals surface area (Å²) < 4.78 is 20.3. The van der Waals surface area contributed by atoms with Crippen molar-refractivity contribution in [1.82, 2.24) is 15.0 Å². The van der Waals surface area contributed by atoms with Crippen LogP contribution in [0.3, 0.4) is 0 Å². The third-order valence-electron chi connectivity index (χ3n) is 5.00. The molecule has 1 amide bonds. The molecule has 3 aliphatic rings. The minimum absolute atomic E-state index is 0.0303. The number of hydrogen-bond acceptors (Lipinski definition) is 5. The molecule has 3 aliphatic heterocycles. The number of amides is 1. The van der Waals surface area contributed by atoms with Crippen LogP contribution in [0.15, 0.2) is 30.6 Å². The second kappa shape index (κ2) is 4.93. The second-order valence-electron chi connectivity index (χ2n) is 6.50. The number of anilines is 2. The monoisotopic (exact) mass is 329 g/mol. The number of alkyl halides is 1. The molecule has 0 N–H and O–H groups in total. The first-order valence-corrected chi connectivity index (χ1v) is 8.05. The summed E-state index contributed by atoms with van der Waals surface area (Å²) in [6.45, 7) is 1.38. The molecule has 0 spiro atoms. The number of fused-ring (bicyclic) bond motifs is 3. The highest BCUT2D eigenvalue weighted by Gasteiger charge is 2.47. The standard InChI is InChI=1S/C16H16FN5O2/c17-11-7-20(8-11)12-1-2-13-10(5-12)6-14-15(24-16(23)22(13)14)9-21-4-3-18-19-21/h1-5,11,14-15H,6-9H2/t14-,15-/m0/s1. The van der Waals surface area contributed by atoms with Gasteiger partial charge in [-0.3, -0.25) is 4.90 Å². The maximum atomic E-state index is 13.1. The van der Waals surface area contributed by atoms with Crippen molar-refractivity contribution in [3.05, 3.63) is 36.2 Å². The van der Waals surface area contributed by atoms with Crippen molar-refractivity contribution in [3.8, 4) is 0 Å². The number of rotatable bonds is 3. The van der Waals surface area contributed by atoms with Crippen molar-refractivity contribution in [2.24, 2.45) is 0 Å². The lowest BCUT2D eigenvalue weighted by Gasteiger charge is -2.36. The largest absolute Gasteiger partial charge is 0.442 e. The fraction of sp³-hybridized carbons (Fsp3) is 0.438. The van der Waals surface area contributed by atoms with Crippen molar-refractivity contribution < 1.29 is 13.9 Å². The summed E-state index contributed by atoms with van der Waals surface area (Å²) >= 11 is 0. The summed E-state index contributed by atoms with van der Waals surface area (Å²) in [6.07, 6.45) is 2.80. The van der Waals surface area contributed by atoms with E-state index in [9.17, 15) is 9.18 Å². The molecule has 0 aliphatic carbocycles. The fourth-order valence-electron chi connectivity index (χ4n) is 3.77. The molecule has 0 bridgehead atoms. The summed E-state index contributed by atoms with van der Waals surface area (Å²) in [5.41, 5.74) is 3.03. The highest BCUT2D eigenvalue weighted by Crippen LogP contribution is 2.41. The van der Waals surface area contributed by atoms with E-state index in [0.29, 0.717) is 19.6 Å². The second-order valence-corrected chi connectivity index (χ2v) is 6.50. The lowest BCUT2D eigenvalue weighted by Crippen LogP contribution is -2.48. The molecule has 4 heterocycles. The van der Waals surface area contributed by atoms with Crippen molar-refractivity contribution >= 4 is 17.5 Å². The van der Waals surface area contributed by atoms with E-state index in [-0.39, 0.29) is 18.2 Å². The molecule has 7 nitrogen and oxygen atoms in total. The number of halogens is 1. The van der Waals surface area contributed by atoms with Gasteiger partial charge in [0, 0.05) is 11.9 Å². The van der Waals surface area contributed by atoms with Gasteiger partial charge in [-0.2, -0.15) is 0 Å². The molecule has 0 radical (unpaired) electrons. The van der Waals surface area contributed by atoms with Crippen molar-refractivity contribution in [2.75, 3.05) is 22.9 Å². The van der Waals surface area contributed by atoms with Gasteiger partial charge in [-0.1, -0.05) is 5.21 Å². The molecule has 0 saturated carbocycles. The summed E-state index contributed by atoms with van der Waals surface area (Å²) in [4.78, 5) is 16.0. The van der Waals surface area contributed by atoms with Crippen molar-refractivity contribution in [1.29, 1.82) is 0 Å². The van der Waals surface area contributed by atoms with Gasteiger partial charge in [-0.25, -0.2) is 13.9 Å². The van der Waals surface area contributed by atoms with Crippen LogP contribution in [-0.2, 0) is 17.7 Å². The Kier molecular flexibility index (Phi) is 2.83. The topological polar surface area (TPSA) is 63.5 Å². The van der Waals surface area contributed by atoms with E-state index in [4.69, 9.17) is 4.74 Å². The molecule has 0 unspecified atom stereocenters. The molecule has 8 heteroatoms. The summed E-state index contributed by atoms with van der Waals surface area (Å²) in [6, 6.07) is 5.93. The molecule has 2 fully saturated rings. The van der Waals surface area contributed by atoms with Crippen LogP contribution in [0.5, 0.6) is 0 Å². The van der Waals surface area contributed by atoms with Crippen molar-refractivity contribution in [2.45, 2.75) is 31.3 Å². The smallest absolute Gasteiger partial charge is 0.415 e. The molecular weight excluding hydrogens is 313 g/mol. The molecular formula is C16H16FN5O2. The minimum Gasteiger partial charge on any atom is -0.442 e. The van der Waals surface area contributed by atoms with E-state index in [1.807, 2.05) is 17.0 Å². The Morgan fingerprint density at radius 1 is 1.33 bits per heavy atom. The Bertz CT molecular complexity index is 790. The number of carbonyl (C=O) groups is 1. The summed E-state index contributed by atoms with van der Waals surface area (Å²) in [5.74, 6) is 0. The SMILES string of the molecule is O=C1O[C@@H](Cn2ccnn2)[C@@H]2Cc3cc(N4CC(F)C4)ccc3N12. The molecule has 1 aromatic carbocycles. The number of aromatic nitrogens is 3. The maximum Gasteiger partial charge on any atom is 0.415 e. The zero-order chi connectivity index (χ0) is 16.3. The normalized spacial score (nSPS) is 25.5. The molecule has 1 aromatic heterocycles. The van der Waals surface area contributed by atoms with Gasteiger partial charge in [0.2, 0.25) is 0 Å². The van der Waals surface area contributed by atoms with Gasteiger partial charge in [0.15, 0.2) is 0 Å². The predicted molar refractivity (Wildman–Crippen MR) is 83.8 cm³/mol. The molecule has 2 atom stereocenters. The van der Waals surface area contributed by atoms with Crippen molar-refractivity contribution in [3.63, 3.8) is 0 Å². The van der Waals surface area contributed by atoms with E-state index < -0.39 is 6.17 Å². The van der Waals surface area contributed by atoms with Gasteiger partial charge in [-0.15, -0.1) is 5.10 Å².